The van der Waals surface area contributed by atoms with Crippen LogP contribution in [0.25, 0.3) is 21.8 Å². The molecule has 0 amide bonds. The van der Waals surface area contributed by atoms with E-state index in [4.69, 9.17) is 9.84 Å². The van der Waals surface area contributed by atoms with Crippen molar-refractivity contribution < 1.29 is 50.2 Å². The van der Waals surface area contributed by atoms with Crippen LogP contribution in [0, 0.1) is 0 Å². The molecule has 2 aromatic carbocycles. The van der Waals surface area contributed by atoms with E-state index in [1.54, 1.807) is 19.3 Å². The summed E-state index contributed by atoms with van der Waals surface area (Å²) in [6.45, 7) is 1.75. The molecule has 13 heteroatoms. The third-order valence-electron chi connectivity index (χ3n) is 4.31. The Kier molecular flexibility index (Phi) is 15.8. The van der Waals surface area contributed by atoms with E-state index in [9.17, 15) is 18.1 Å². The van der Waals surface area contributed by atoms with Crippen LogP contribution in [0.15, 0.2) is 70.4 Å². The number of aromatic nitrogens is 2. The van der Waals surface area contributed by atoms with Crippen molar-refractivity contribution in [3.63, 3.8) is 0 Å². The first-order chi connectivity index (χ1) is 16.7. The zero-order valence-electron chi connectivity index (χ0n) is 20.0. The molecule has 0 atom stereocenters. The topological polar surface area (TPSA) is 181 Å². The minimum absolute atomic E-state index is 0. The van der Waals surface area contributed by atoms with Gasteiger partial charge in [0.1, 0.15) is 5.75 Å². The minimum Gasteiger partial charge on any atom is -0.870 e. The molecule has 0 aliphatic rings. The van der Waals surface area contributed by atoms with Crippen molar-refractivity contribution in [3.8, 4) is 11.5 Å². The molecule has 1 radical (unpaired) electrons. The number of ether oxygens (including phenoxy) is 1. The number of hydrogen-bond donors (Lipinski definition) is 1. The van der Waals surface area contributed by atoms with Gasteiger partial charge < -0.3 is 25.0 Å². The summed E-state index contributed by atoms with van der Waals surface area (Å²) in [7, 11) is -2.92. The van der Waals surface area contributed by atoms with Crippen LogP contribution in [0.3, 0.4) is 0 Å². The van der Waals surface area contributed by atoms with Gasteiger partial charge in [-0.3, -0.25) is 15.0 Å². The average Bonchev–Trinajstić information content (AvgIpc) is 2.84. The fraction of sp³-hybridized carbons (Fsp3) is 0.208. The van der Waals surface area contributed by atoms with Crippen LogP contribution in [-0.4, -0.2) is 60.3 Å². The molecule has 2 heterocycles. The summed E-state index contributed by atoms with van der Waals surface area (Å²) in [6.07, 6.45) is 4.83. The quantitative estimate of drug-likeness (QED) is 0.149. The van der Waals surface area contributed by atoms with Gasteiger partial charge in [0.15, 0.2) is 0 Å². The second-order valence-corrected chi connectivity index (χ2v) is 9.29. The van der Waals surface area contributed by atoms with Gasteiger partial charge in [0.2, 0.25) is 0 Å². The summed E-state index contributed by atoms with van der Waals surface area (Å²) in [4.78, 5) is 12.4. The smallest absolute Gasteiger partial charge is 0.870 e. The number of halogens is 1. The maximum Gasteiger partial charge on any atom is 2.00 e. The van der Waals surface area contributed by atoms with Crippen LogP contribution in [-0.2, 0) is 32.4 Å². The molecular formula is C24H27BrCoN3O7S+. The molecule has 4 aromatic rings. The molecule has 10 nitrogen and oxygen atoms in total. The molecule has 4 rings (SSSR count). The maximum atomic E-state index is 11.7. The molecule has 0 unspecified atom stereocenters. The Morgan fingerprint density at radius 3 is 2.05 bits per heavy atom. The molecule has 0 saturated heterocycles. The second kappa shape index (κ2) is 17.0. The van der Waals surface area contributed by atoms with Crippen molar-refractivity contribution in [2.24, 2.45) is 4.99 Å². The minimum atomic E-state index is -4.29. The van der Waals surface area contributed by atoms with E-state index in [0.29, 0.717) is 4.47 Å². The van der Waals surface area contributed by atoms with Gasteiger partial charge in [0.25, 0.3) is 0 Å². The van der Waals surface area contributed by atoms with Crippen LogP contribution < -0.4 is 9.84 Å². The first-order valence-electron chi connectivity index (χ1n) is 10.4. The Hall–Kier alpha value is -2.65. The van der Waals surface area contributed by atoms with Crippen molar-refractivity contribution in [2.75, 3.05) is 26.0 Å². The number of fused-ring (bicyclic) bond motifs is 3. The fourth-order valence-electron chi connectivity index (χ4n) is 2.84. The van der Waals surface area contributed by atoms with Crippen molar-refractivity contribution in [1.29, 1.82) is 0 Å². The number of benzene rings is 2. The molecule has 0 bridgehead atoms. The predicted octanol–water partition coefficient (Wildman–Crippen LogP) is 2.35. The molecule has 0 saturated carbocycles. The maximum absolute atomic E-state index is 11.7. The Morgan fingerprint density at radius 1 is 1.08 bits per heavy atom. The van der Waals surface area contributed by atoms with Gasteiger partial charge in [-0.25, -0.2) is 8.42 Å². The van der Waals surface area contributed by atoms with E-state index in [1.807, 2.05) is 12.1 Å². The van der Waals surface area contributed by atoms with Crippen LogP contribution in [0.1, 0.15) is 12.5 Å². The molecule has 201 valence electrons. The van der Waals surface area contributed by atoms with Gasteiger partial charge in [-0.2, -0.15) is 0 Å². The number of nitrogens with zero attached hydrogens (tertiary/aromatic N) is 3. The van der Waals surface area contributed by atoms with Crippen LogP contribution in [0.4, 0.5) is 0 Å². The first kappa shape index (κ1) is 34.3. The summed E-state index contributed by atoms with van der Waals surface area (Å²) in [5, 5.41) is 21.6. The Balaban J connectivity index is 0.000000613. The Labute approximate surface area is 233 Å². The molecule has 37 heavy (non-hydrogen) atoms. The molecule has 2 aromatic heterocycles. The molecule has 0 spiro atoms. The number of aliphatic hydroxyl groups is 1. The van der Waals surface area contributed by atoms with E-state index in [2.05, 4.69) is 55.2 Å². The summed E-state index contributed by atoms with van der Waals surface area (Å²) in [5.74, 6) is -0.792. The second-order valence-electron chi connectivity index (χ2n) is 6.86. The van der Waals surface area contributed by atoms with Crippen molar-refractivity contribution in [3.05, 3.63) is 71.0 Å². The van der Waals surface area contributed by atoms with Gasteiger partial charge in [0.05, 0.1) is 40.6 Å². The van der Waals surface area contributed by atoms with Crippen LogP contribution >= 0.6 is 15.9 Å². The van der Waals surface area contributed by atoms with Gasteiger partial charge in [0, 0.05) is 40.5 Å². The summed E-state index contributed by atoms with van der Waals surface area (Å²) < 4.78 is 36.5. The van der Waals surface area contributed by atoms with Gasteiger partial charge in [-0.05, 0) is 36.8 Å². The van der Waals surface area contributed by atoms with E-state index in [-0.39, 0.29) is 52.5 Å². The van der Waals surface area contributed by atoms with Gasteiger partial charge >= 0.3 is 16.8 Å². The van der Waals surface area contributed by atoms with Crippen LogP contribution in [0.5, 0.6) is 11.5 Å². The average molecular weight is 640 g/mol. The number of methoxy groups -OCH3 is 1. The molecule has 0 aliphatic heterocycles. The molecule has 0 aliphatic carbocycles. The van der Waals surface area contributed by atoms with E-state index < -0.39 is 15.9 Å². The van der Waals surface area contributed by atoms with Crippen molar-refractivity contribution in [2.45, 2.75) is 6.92 Å². The summed E-state index contributed by atoms with van der Waals surface area (Å²) in [5.41, 5.74) is 2.21. The first-order valence-corrected chi connectivity index (χ1v) is 12.7. The largest absolute Gasteiger partial charge is 2.00 e. The van der Waals surface area contributed by atoms with E-state index in [1.165, 1.54) is 25.5 Å². The SMILES string of the molecule is CCO.COc1cc(Br)cc(C=NCCS(=O)(=O)[O-])c1[O-].[Co+2].[OH3+].c1cnc2c(c1)ccc1cccnc12. The standard InChI is InChI=1S/C12H8N2.C10H12BrNO5S.C2H6O.Co.H2O/c1-3-9-5-6-10-4-2-8-14-12(10)11(9)13-7-1;1-17-9-5-8(11)4-7(10(9)13)6-12-2-3-18(14,15)16;1-2-3;;/h1-8H;4-6,13H,2-3H2,1H3,(H,14,15,16);3H,2H2,1H3;;1H2/q;;;+2;/p-1. The molecular weight excluding hydrogens is 613 g/mol. The number of aliphatic imine (C=N–C) groups is 1. The molecule has 4 N–H and O–H groups in total. The van der Waals surface area contributed by atoms with Crippen LogP contribution in [0.2, 0.25) is 0 Å². The third-order valence-corrected chi connectivity index (χ3v) is 5.45. The van der Waals surface area contributed by atoms with Gasteiger partial charge in [-0.1, -0.05) is 45.9 Å². The summed E-state index contributed by atoms with van der Waals surface area (Å²) >= 11 is 3.20. The fourth-order valence-corrected chi connectivity index (χ4v) is 3.63. The van der Waals surface area contributed by atoms with E-state index >= 15 is 0 Å². The zero-order chi connectivity index (χ0) is 25.8. The van der Waals surface area contributed by atoms with E-state index in [0.717, 1.165) is 21.8 Å². The zero-order valence-corrected chi connectivity index (χ0v) is 23.4. The van der Waals surface area contributed by atoms with Gasteiger partial charge in [-0.15, -0.1) is 0 Å². The summed E-state index contributed by atoms with van der Waals surface area (Å²) in [6, 6.07) is 15.2. The number of rotatable bonds is 5. The Morgan fingerprint density at radius 2 is 1.59 bits per heavy atom. The van der Waals surface area contributed by atoms with Crippen molar-refractivity contribution in [1.82, 2.24) is 9.97 Å². The Bertz CT molecular complexity index is 1350. The third kappa shape index (κ3) is 11.1. The number of pyridine rings is 2. The monoisotopic (exact) mass is 639 g/mol. The number of hydrogen-bond acceptors (Lipinski definition) is 9. The normalized spacial score (nSPS) is 10.4. The molecule has 0 fully saturated rings. The predicted molar refractivity (Wildman–Crippen MR) is 142 cm³/mol. The number of aliphatic hydroxyl groups excluding tert-OH is 1. The van der Waals surface area contributed by atoms with Crippen molar-refractivity contribution >= 4 is 54.1 Å².